The maximum Gasteiger partial charge on any atom is 0.251 e. The lowest BCUT2D eigenvalue weighted by Gasteiger charge is -2.77. The van der Waals surface area contributed by atoms with Crippen molar-refractivity contribution in [3.05, 3.63) is 65.5 Å². The highest BCUT2D eigenvalue weighted by Gasteiger charge is 2.79. The lowest BCUT2D eigenvalue weighted by molar-refractivity contribution is -0.286. The maximum atomic E-state index is 13.4. The predicted octanol–water partition coefficient (Wildman–Crippen LogP) is 3.41. The molecule has 1 heterocycles. The molecule has 0 aromatic heterocycles. The third kappa shape index (κ3) is 2.66. The Morgan fingerprint density at radius 2 is 1.57 bits per heavy atom. The standard InChI is InChI=1S/C22H19F3N2O3/c23-14-2-4-15(5-3-14)26-19(29)22(11-30-12-22)20-8-21(9-20,10-20)27-18(28)13-1-6-16(24)17(25)7-13/h1-7H,8-12H2,(H,26,29)(H,27,28). The predicted molar refractivity (Wildman–Crippen MR) is 101 cm³/mol. The zero-order valence-electron chi connectivity index (χ0n) is 15.9. The van der Waals surface area contributed by atoms with Crippen molar-refractivity contribution in [2.24, 2.45) is 10.8 Å². The van der Waals surface area contributed by atoms with E-state index in [0.29, 0.717) is 38.2 Å². The molecule has 1 aliphatic heterocycles. The third-order valence-corrected chi connectivity index (χ3v) is 6.84. The number of hydrogen-bond donors (Lipinski definition) is 2. The van der Waals surface area contributed by atoms with Crippen molar-refractivity contribution in [1.82, 2.24) is 5.32 Å². The fourth-order valence-electron chi connectivity index (χ4n) is 5.15. The molecule has 30 heavy (non-hydrogen) atoms. The van der Waals surface area contributed by atoms with E-state index in [9.17, 15) is 22.8 Å². The van der Waals surface area contributed by atoms with Gasteiger partial charge in [-0.2, -0.15) is 0 Å². The molecule has 3 aliphatic carbocycles. The number of hydrogen-bond acceptors (Lipinski definition) is 3. The van der Waals surface area contributed by atoms with Crippen LogP contribution < -0.4 is 10.6 Å². The Balaban J connectivity index is 1.25. The first-order valence-corrected chi connectivity index (χ1v) is 9.69. The normalized spacial score (nSPS) is 27.8. The molecule has 0 atom stereocenters. The van der Waals surface area contributed by atoms with Crippen LogP contribution in [0.15, 0.2) is 42.5 Å². The molecule has 0 radical (unpaired) electrons. The van der Waals surface area contributed by atoms with E-state index in [1.807, 2.05) is 0 Å². The van der Waals surface area contributed by atoms with Crippen molar-refractivity contribution in [1.29, 1.82) is 0 Å². The first-order valence-electron chi connectivity index (χ1n) is 9.69. The van der Waals surface area contributed by atoms with Gasteiger partial charge in [-0.25, -0.2) is 13.2 Å². The molecule has 0 unspecified atom stereocenters. The SMILES string of the molecule is O=C(NC12CC(C3(C(=O)Nc4ccc(F)cc4)COC3)(C1)C2)c1ccc(F)c(F)c1. The van der Waals surface area contributed by atoms with Crippen molar-refractivity contribution in [3.8, 4) is 0 Å². The Morgan fingerprint density at radius 3 is 2.13 bits per heavy atom. The summed E-state index contributed by atoms with van der Waals surface area (Å²) in [5.41, 5.74) is -0.809. The minimum Gasteiger partial charge on any atom is -0.379 e. The molecule has 4 fully saturated rings. The number of amides is 2. The average molecular weight is 416 g/mol. The van der Waals surface area contributed by atoms with Crippen LogP contribution in [0.2, 0.25) is 0 Å². The van der Waals surface area contributed by atoms with Crippen molar-refractivity contribution >= 4 is 17.5 Å². The summed E-state index contributed by atoms with van der Waals surface area (Å²) < 4.78 is 45.0. The zero-order valence-corrected chi connectivity index (χ0v) is 15.9. The second kappa shape index (κ2) is 6.31. The Bertz CT molecular complexity index is 1030. The summed E-state index contributed by atoms with van der Waals surface area (Å²) in [7, 11) is 0. The molecule has 4 aliphatic rings. The van der Waals surface area contributed by atoms with Crippen molar-refractivity contribution in [3.63, 3.8) is 0 Å². The van der Waals surface area contributed by atoms with Gasteiger partial charge < -0.3 is 15.4 Å². The Hall–Kier alpha value is -2.87. The van der Waals surface area contributed by atoms with Gasteiger partial charge in [-0.1, -0.05) is 0 Å². The van der Waals surface area contributed by atoms with Crippen LogP contribution in [0.5, 0.6) is 0 Å². The van der Waals surface area contributed by atoms with Crippen molar-refractivity contribution in [2.45, 2.75) is 24.8 Å². The van der Waals surface area contributed by atoms with E-state index in [4.69, 9.17) is 4.74 Å². The zero-order chi connectivity index (χ0) is 21.1. The molecule has 3 saturated carbocycles. The Kier molecular flexibility index (Phi) is 4.02. The van der Waals surface area contributed by atoms with Gasteiger partial charge in [-0.3, -0.25) is 9.59 Å². The Morgan fingerprint density at radius 1 is 0.900 bits per heavy atom. The molecule has 2 bridgehead atoms. The molecule has 2 aromatic rings. The van der Waals surface area contributed by atoms with E-state index < -0.39 is 28.5 Å². The second-order valence-electron chi connectivity index (χ2n) is 8.71. The van der Waals surface area contributed by atoms with E-state index in [1.165, 1.54) is 30.3 Å². The number of halogens is 3. The first kappa shape index (κ1) is 19.1. The lowest BCUT2D eigenvalue weighted by Crippen LogP contribution is -2.83. The molecule has 1 saturated heterocycles. The molecule has 8 heteroatoms. The summed E-state index contributed by atoms with van der Waals surface area (Å²) in [6.45, 7) is 0.598. The van der Waals surface area contributed by atoms with Gasteiger partial charge in [0.2, 0.25) is 5.91 Å². The topological polar surface area (TPSA) is 67.4 Å². The van der Waals surface area contributed by atoms with Gasteiger partial charge in [0.15, 0.2) is 11.6 Å². The van der Waals surface area contributed by atoms with Crippen LogP contribution in [0.3, 0.4) is 0 Å². The number of nitrogens with one attached hydrogen (secondary N) is 2. The summed E-state index contributed by atoms with van der Waals surface area (Å²) in [5, 5.41) is 5.77. The largest absolute Gasteiger partial charge is 0.379 e. The number of carbonyl (C=O) groups is 2. The highest BCUT2D eigenvalue weighted by Crippen LogP contribution is 2.75. The van der Waals surface area contributed by atoms with Crippen LogP contribution in [-0.4, -0.2) is 30.6 Å². The molecule has 156 valence electrons. The highest BCUT2D eigenvalue weighted by molar-refractivity contribution is 5.98. The van der Waals surface area contributed by atoms with Gasteiger partial charge in [0.05, 0.1) is 13.2 Å². The molecular weight excluding hydrogens is 397 g/mol. The molecule has 5 nitrogen and oxygen atoms in total. The Labute approximate surface area is 170 Å². The minimum absolute atomic E-state index is 0.0587. The van der Waals surface area contributed by atoms with Gasteiger partial charge in [0.1, 0.15) is 11.2 Å². The van der Waals surface area contributed by atoms with E-state index in [2.05, 4.69) is 10.6 Å². The van der Waals surface area contributed by atoms with Crippen molar-refractivity contribution < 1.29 is 27.5 Å². The molecule has 2 aromatic carbocycles. The van der Waals surface area contributed by atoms with E-state index >= 15 is 0 Å². The lowest BCUT2D eigenvalue weighted by atomic mass is 9.31. The van der Waals surface area contributed by atoms with Gasteiger partial charge in [-0.15, -0.1) is 0 Å². The van der Waals surface area contributed by atoms with Crippen LogP contribution >= 0.6 is 0 Å². The van der Waals surface area contributed by atoms with Gasteiger partial charge >= 0.3 is 0 Å². The highest BCUT2D eigenvalue weighted by atomic mass is 19.2. The van der Waals surface area contributed by atoms with Crippen molar-refractivity contribution in [2.75, 3.05) is 18.5 Å². The molecular formula is C22H19F3N2O3. The summed E-state index contributed by atoms with van der Waals surface area (Å²) in [4.78, 5) is 25.5. The van der Waals surface area contributed by atoms with Crippen LogP contribution in [-0.2, 0) is 9.53 Å². The summed E-state index contributed by atoms with van der Waals surface area (Å²) in [6, 6.07) is 8.62. The second-order valence-corrected chi connectivity index (χ2v) is 8.71. The minimum atomic E-state index is -1.07. The van der Waals surface area contributed by atoms with E-state index in [1.54, 1.807) is 0 Å². The summed E-state index contributed by atoms with van der Waals surface area (Å²) in [6.07, 6.45) is 1.86. The fraction of sp³-hybridized carbons (Fsp3) is 0.364. The first-order chi connectivity index (χ1) is 14.3. The maximum absolute atomic E-state index is 13.4. The average Bonchev–Trinajstić information content (AvgIpc) is 2.61. The van der Waals surface area contributed by atoms with E-state index in [-0.39, 0.29) is 22.7 Å². The molecule has 2 amide bonds. The van der Waals surface area contributed by atoms with E-state index in [0.717, 1.165) is 12.1 Å². The smallest absolute Gasteiger partial charge is 0.251 e. The number of carbonyl (C=O) groups excluding carboxylic acids is 2. The third-order valence-electron chi connectivity index (χ3n) is 6.84. The van der Waals surface area contributed by atoms with Crippen LogP contribution in [0.4, 0.5) is 18.9 Å². The quantitative estimate of drug-likeness (QED) is 0.785. The number of ether oxygens (including phenoxy) is 1. The number of anilines is 1. The van der Waals surface area contributed by atoms with Crippen LogP contribution in [0.1, 0.15) is 29.6 Å². The van der Waals surface area contributed by atoms with Crippen LogP contribution in [0.25, 0.3) is 0 Å². The summed E-state index contributed by atoms with van der Waals surface area (Å²) >= 11 is 0. The van der Waals surface area contributed by atoms with Crippen LogP contribution in [0, 0.1) is 28.3 Å². The molecule has 6 rings (SSSR count). The van der Waals surface area contributed by atoms with Gasteiger partial charge in [0.25, 0.3) is 5.91 Å². The number of benzene rings is 2. The molecule has 0 spiro atoms. The van der Waals surface area contributed by atoms with Gasteiger partial charge in [-0.05, 0) is 67.1 Å². The molecule has 2 N–H and O–H groups in total. The monoisotopic (exact) mass is 416 g/mol. The fourth-order valence-corrected chi connectivity index (χ4v) is 5.15. The van der Waals surface area contributed by atoms with Gasteiger partial charge in [0, 0.05) is 16.8 Å². The number of rotatable bonds is 5. The summed E-state index contributed by atoms with van der Waals surface area (Å²) in [5.74, 6) is -3.08.